The molecule has 0 heterocycles. The smallest absolute Gasteiger partial charge is 0.143 e. The van der Waals surface area contributed by atoms with Gasteiger partial charge in [-0.05, 0) is 46.6 Å². The van der Waals surface area contributed by atoms with Gasteiger partial charge < -0.3 is 11.1 Å². The minimum Gasteiger partial charge on any atom is -0.397 e. The molecule has 0 unspecified atom stereocenters. The Morgan fingerprint density at radius 3 is 2.42 bits per heavy atom. The molecule has 19 heavy (non-hydrogen) atoms. The fourth-order valence-corrected chi connectivity index (χ4v) is 2.44. The first-order chi connectivity index (χ1) is 8.88. The molecule has 2 nitrogen and oxygen atoms in total. The van der Waals surface area contributed by atoms with Gasteiger partial charge in [0.25, 0.3) is 0 Å². The van der Waals surface area contributed by atoms with Crippen LogP contribution in [0.15, 0.2) is 28.7 Å². The van der Waals surface area contributed by atoms with Gasteiger partial charge in [0.2, 0.25) is 0 Å². The SMILES string of the molecule is Cc1cc(Br)c(Nc2cc(Cl)c(F)cc2N)cc1Cl. The number of aryl methyl sites for hydroxylation is 1. The third kappa shape index (κ3) is 3.14. The van der Waals surface area contributed by atoms with Crippen LogP contribution < -0.4 is 11.1 Å². The van der Waals surface area contributed by atoms with E-state index >= 15 is 0 Å². The Morgan fingerprint density at radius 2 is 1.74 bits per heavy atom. The van der Waals surface area contributed by atoms with Crippen molar-refractivity contribution in [1.29, 1.82) is 0 Å². The Labute approximate surface area is 128 Å². The van der Waals surface area contributed by atoms with E-state index in [1.807, 2.05) is 13.0 Å². The predicted molar refractivity (Wildman–Crippen MR) is 83.0 cm³/mol. The van der Waals surface area contributed by atoms with Crippen LogP contribution in [0.3, 0.4) is 0 Å². The number of nitrogen functional groups attached to an aromatic ring is 1. The number of nitrogens with two attached hydrogens (primary N) is 1. The zero-order chi connectivity index (χ0) is 14.2. The van der Waals surface area contributed by atoms with Crippen molar-refractivity contribution in [2.75, 3.05) is 11.1 Å². The molecule has 0 saturated heterocycles. The highest BCUT2D eigenvalue weighted by Crippen LogP contribution is 2.34. The maximum absolute atomic E-state index is 13.2. The number of nitrogens with one attached hydrogen (secondary N) is 1. The molecule has 0 radical (unpaired) electrons. The Hall–Kier alpha value is -0.970. The van der Waals surface area contributed by atoms with Crippen molar-refractivity contribution in [2.24, 2.45) is 0 Å². The third-order valence-corrected chi connectivity index (χ3v) is 3.96. The molecule has 0 saturated carbocycles. The van der Waals surface area contributed by atoms with Gasteiger partial charge in [-0.15, -0.1) is 0 Å². The van der Waals surface area contributed by atoms with Crippen molar-refractivity contribution in [3.63, 3.8) is 0 Å². The van der Waals surface area contributed by atoms with Crippen molar-refractivity contribution in [3.8, 4) is 0 Å². The largest absolute Gasteiger partial charge is 0.397 e. The average molecular weight is 364 g/mol. The second-order valence-corrected chi connectivity index (χ2v) is 5.73. The molecule has 0 bridgehead atoms. The number of anilines is 3. The standard InChI is InChI=1S/C13H10BrCl2FN2/c1-6-2-7(14)12(3-8(6)15)19-13-4-9(16)10(17)5-11(13)18/h2-5,19H,18H2,1H3. The van der Waals surface area contributed by atoms with Crippen LogP contribution in [-0.2, 0) is 0 Å². The molecule has 0 atom stereocenters. The molecule has 0 aliphatic heterocycles. The molecule has 100 valence electrons. The summed E-state index contributed by atoms with van der Waals surface area (Å²) in [4.78, 5) is 0. The first kappa shape index (κ1) is 14.4. The monoisotopic (exact) mass is 362 g/mol. The molecule has 2 aromatic carbocycles. The first-order valence-electron chi connectivity index (χ1n) is 5.35. The van der Waals surface area contributed by atoms with Gasteiger partial charge in [-0.2, -0.15) is 0 Å². The average Bonchev–Trinajstić information content (AvgIpc) is 2.32. The molecular formula is C13H10BrCl2FN2. The van der Waals surface area contributed by atoms with Gasteiger partial charge in [-0.1, -0.05) is 23.2 Å². The summed E-state index contributed by atoms with van der Waals surface area (Å²) < 4.78 is 14.1. The normalized spacial score (nSPS) is 10.6. The van der Waals surface area contributed by atoms with E-state index < -0.39 is 5.82 Å². The van der Waals surface area contributed by atoms with E-state index in [4.69, 9.17) is 28.9 Å². The van der Waals surface area contributed by atoms with Crippen molar-refractivity contribution >= 4 is 56.2 Å². The Balaban J connectivity index is 2.42. The summed E-state index contributed by atoms with van der Waals surface area (Å²) in [6, 6.07) is 6.25. The van der Waals surface area contributed by atoms with Gasteiger partial charge in [0.1, 0.15) is 5.82 Å². The highest BCUT2D eigenvalue weighted by molar-refractivity contribution is 9.10. The van der Waals surface area contributed by atoms with Crippen molar-refractivity contribution in [2.45, 2.75) is 6.92 Å². The fourth-order valence-electron chi connectivity index (χ4n) is 1.56. The Kier molecular flexibility index (Phi) is 4.23. The lowest BCUT2D eigenvalue weighted by Gasteiger charge is -2.13. The van der Waals surface area contributed by atoms with Gasteiger partial charge in [-0.25, -0.2) is 4.39 Å². The Morgan fingerprint density at radius 1 is 1.11 bits per heavy atom. The van der Waals surface area contributed by atoms with Crippen LogP contribution in [0.25, 0.3) is 0 Å². The summed E-state index contributed by atoms with van der Waals surface area (Å²) in [5, 5.41) is 3.70. The lowest BCUT2D eigenvalue weighted by atomic mass is 10.2. The molecule has 2 rings (SSSR count). The molecular weight excluding hydrogens is 354 g/mol. The highest BCUT2D eigenvalue weighted by Gasteiger charge is 2.09. The molecule has 0 aromatic heterocycles. The summed E-state index contributed by atoms with van der Waals surface area (Å²) in [5.41, 5.74) is 8.21. The molecule has 0 fully saturated rings. The molecule has 0 aliphatic carbocycles. The minimum absolute atomic E-state index is 0.00558. The van der Waals surface area contributed by atoms with Gasteiger partial charge in [-0.3, -0.25) is 0 Å². The third-order valence-electron chi connectivity index (χ3n) is 2.61. The van der Waals surface area contributed by atoms with Crippen molar-refractivity contribution in [1.82, 2.24) is 0 Å². The maximum atomic E-state index is 13.2. The maximum Gasteiger partial charge on any atom is 0.143 e. The van der Waals surface area contributed by atoms with E-state index in [0.717, 1.165) is 15.7 Å². The molecule has 0 aliphatic rings. The molecule has 0 spiro atoms. The lowest BCUT2D eigenvalue weighted by Crippen LogP contribution is -1.98. The van der Waals surface area contributed by atoms with Gasteiger partial charge >= 0.3 is 0 Å². The van der Waals surface area contributed by atoms with Gasteiger partial charge in [0.05, 0.1) is 22.1 Å². The van der Waals surface area contributed by atoms with Crippen LogP contribution >= 0.6 is 39.1 Å². The van der Waals surface area contributed by atoms with Crippen molar-refractivity contribution < 1.29 is 4.39 Å². The number of rotatable bonds is 2. The highest BCUT2D eigenvalue weighted by atomic mass is 79.9. The van der Waals surface area contributed by atoms with Gasteiger partial charge in [0, 0.05) is 15.6 Å². The summed E-state index contributed by atoms with van der Waals surface area (Å²) in [6.45, 7) is 1.90. The van der Waals surface area contributed by atoms with Crippen LogP contribution in [0.5, 0.6) is 0 Å². The minimum atomic E-state index is -0.550. The second-order valence-electron chi connectivity index (χ2n) is 4.06. The Bertz CT molecular complexity index is 592. The van der Waals surface area contributed by atoms with Crippen LogP contribution in [0.4, 0.5) is 21.5 Å². The summed E-state index contributed by atoms with van der Waals surface area (Å²) in [5.74, 6) is -0.550. The topological polar surface area (TPSA) is 38.0 Å². The number of benzene rings is 2. The first-order valence-corrected chi connectivity index (χ1v) is 6.90. The lowest BCUT2D eigenvalue weighted by molar-refractivity contribution is 0.629. The van der Waals surface area contributed by atoms with Crippen LogP contribution in [-0.4, -0.2) is 0 Å². The quantitative estimate of drug-likeness (QED) is 0.688. The van der Waals surface area contributed by atoms with Gasteiger partial charge in [0.15, 0.2) is 0 Å². The summed E-state index contributed by atoms with van der Waals surface area (Å²) in [6.07, 6.45) is 0. The number of hydrogen-bond acceptors (Lipinski definition) is 2. The zero-order valence-electron chi connectivity index (χ0n) is 9.90. The predicted octanol–water partition coefficient (Wildman–Crippen LogP) is 5.53. The molecule has 6 heteroatoms. The number of halogens is 4. The molecule has 0 amide bonds. The summed E-state index contributed by atoms with van der Waals surface area (Å²) in [7, 11) is 0. The second kappa shape index (κ2) is 5.57. The van der Waals surface area contributed by atoms with E-state index in [-0.39, 0.29) is 10.7 Å². The van der Waals surface area contributed by atoms with Crippen LogP contribution in [0.1, 0.15) is 5.56 Å². The zero-order valence-corrected chi connectivity index (χ0v) is 13.0. The van der Waals surface area contributed by atoms with E-state index in [0.29, 0.717) is 10.7 Å². The van der Waals surface area contributed by atoms with E-state index in [1.165, 1.54) is 12.1 Å². The molecule has 3 N–H and O–H groups in total. The van der Waals surface area contributed by atoms with Crippen molar-refractivity contribution in [3.05, 3.63) is 50.2 Å². The van der Waals surface area contributed by atoms with E-state index in [1.54, 1.807) is 6.07 Å². The number of hydrogen-bond donors (Lipinski definition) is 2. The summed E-state index contributed by atoms with van der Waals surface area (Å²) >= 11 is 15.2. The van der Waals surface area contributed by atoms with Crippen LogP contribution in [0, 0.1) is 12.7 Å². The van der Waals surface area contributed by atoms with Crippen LogP contribution in [0.2, 0.25) is 10.0 Å². The van der Waals surface area contributed by atoms with E-state index in [9.17, 15) is 4.39 Å². The molecule has 2 aromatic rings. The fraction of sp³-hybridized carbons (Fsp3) is 0.0769. The van der Waals surface area contributed by atoms with E-state index in [2.05, 4.69) is 21.2 Å².